The standard InChI is InChI=1S/C10H18N4/c1-4-6-14-7-5-11-9-8(2)12-13(3)10(9)14/h11H,4-7H2,1-3H3. The van der Waals surface area contributed by atoms with Crippen LogP contribution in [0.25, 0.3) is 0 Å². The first-order valence-electron chi connectivity index (χ1n) is 5.26. The molecule has 0 saturated carbocycles. The van der Waals surface area contributed by atoms with Gasteiger partial charge in [-0.2, -0.15) is 5.10 Å². The lowest BCUT2D eigenvalue weighted by Crippen LogP contribution is -2.35. The molecule has 0 bridgehead atoms. The van der Waals surface area contributed by atoms with Gasteiger partial charge in [-0.15, -0.1) is 0 Å². The van der Waals surface area contributed by atoms with E-state index in [9.17, 15) is 0 Å². The minimum atomic E-state index is 1.03. The molecule has 0 radical (unpaired) electrons. The number of hydrogen-bond donors (Lipinski definition) is 1. The number of rotatable bonds is 2. The fraction of sp³-hybridized carbons (Fsp3) is 0.700. The summed E-state index contributed by atoms with van der Waals surface area (Å²) >= 11 is 0. The van der Waals surface area contributed by atoms with E-state index in [1.54, 1.807) is 0 Å². The smallest absolute Gasteiger partial charge is 0.150 e. The summed E-state index contributed by atoms with van der Waals surface area (Å²) in [7, 11) is 2.02. The number of hydrogen-bond acceptors (Lipinski definition) is 3. The summed E-state index contributed by atoms with van der Waals surface area (Å²) in [5.41, 5.74) is 2.32. The summed E-state index contributed by atoms with van der Waals surface area (Å²) in [5.74, 6) is 1.25. The van der Waals surface area contributed by atoms with Crippen LogP contribution in [0.4, 0.5) is 11.5 Å². The second-order valence-corrected chi connectivity index (χ2v) is 3.82. The molecule has 0 atom stereocenters. The Bertz CT molecular complexity index is 329. The molecular weight excluding hydrogens is 176 g/mol. The van der Waals surface area contributed by atoms with Crippen LogP contribution in [0.3, 0.4) is 0 Å². The SMILES string of the molecule is CCCN1CCNc2c(C)nn(C)c21. The predicted octanol–water partition coefficient (Wildman–Crippen LogP) is 1.37. The van der Waals surface area contributed by atoms with E-state index >= 15 is 0 Å². The van der Waals surface area contributed by atoms with Gasteiger partial charge < -0.3 is 10.2 Å². The lowest BCUT2D eigenvalue weighted by molar-refractivity contribution is 0.685. The summed E-state index contributed by atoms with van der Waals surface area (Å²) < 4.78 is 1.98. The van der Waals surface area contributed by atoms with Crippen LogP contribution in [0.15, 0.2) is 0 Å². The van der Waals surface area contributed by atoms with Crippen LogP contribution in [-0.2, 0) is 7.05 Å². The maximum Gasteiger partial charge on any atom is 0.150 e. The van der Waals surface area contributed by atoms with Crippen LogP contribution < -0.4 is 10.2 Å². The first-order chi connectivity index (χ1) is 6.74. The van der Waals surface area contributed by atoms with Gasteiger partial charge in [0.05, 0.1) is 5.69 Å². The molecule has 0 aromatic carbocycles. The number of fused-ring (bicyclic) bond motifs is 1. The fourth-order valence-corrected chi connectivity index (χ4v) is 2.13. The largest absolute Gasteiger partial charge is 0.379 e. The zero-order chi connectivity index (χ0) is 10.1. The van der Waals surface area contributed by atoms with Crippen molar-refractivity contribution in [2.75, 3.05) is 29.9 Å². The highest BCUT2D eigenvalue weighted by atomic mass is 15.4. The maximum atomic E-state index is 4.44. The maximum absolute atomic E-state index is 4.44. The molecule has 0 saturated heterocycles. The van der Waals surface area contributed by atoms with E-state index in [1.807, 2.05) is 11.7 Å². The van der Waals surface area contributed by atoms with Gasteiger partial charge in [0.25, 0.3) is 0 Å². The highest BCUT2D eigenvalue weighted by Gasteiger charge is 2.22. The number of nitrogens with zero attached hydrogens (tertiary/aromatic N) is 3. The number of aryl methyl sites for hydroxylation is 2. The molecule has 78 valence electrons. The van der Waals surface area contributed by atoms with E-state index in [-0.39, 0.29) is 0 Å². The van der Waals surface area contributed by atoms with Crippen LogP contribution in [0.1, 0.15) is 19.0 Å². The van der Waals surface area contributed by atoms with Crippen molar-refractivity contribution in [1.29, 1.82) is 0 Å². The average Bonchev–Trinajstić information content (AvgIpc) is 2.44. The van der Waals surface area contributed by atoms with E-state index in [2.05, 4.69) is 29.2 Å². The Morgan fingerprint density at radius 1 is 1.50 bits per heavy atom. The van der Waals surface area contributed by atoms with Gasteiger partial charge in [-0.1, -0.05) is 6.92 Å². The molecule has 1 N–H and O–H groups in total. The van der Waals surface area contributed by atoms with Crippen molar-refractivity contribution in [2.45, 2.75) is 20.3 Å². The Hall–Kier alpha value is -1.19. The molecule has 1 aliphatic heterocycles. The highest BCUT2D eigenvalue weighted by molar-refractivity contribution is 5.71. The molecule has 1 aliphatic rings. The van der Waals surface area contributed by atoms with Gasteiger partial charge in [-0.25, -0.2) is 0 Å². The number of anilines is 2. The van der Waals surface area contributed by atoms with E-state index in [4.69, 9.17) is 0 Å². The van der Waals surface area contributed by atoms with Crippen LogP contribution in [-0.4, -0.2) is 29.4 Å². The Labute approximate surface area is 84.9 Å². The zero-order valence-corrected chi connectivity index (χ0v) is 9.17. The minimum absolute atomic E-state index is 1.03. The second-order valence-electron chi connectivity index (χ2n) is 3.82. The van der Waals surface area contributed by atoms with Gasteiger partial charge in [0.1, 0.15) is 5.69 Å². The quantitative estimate of drug-likeness (QED) is 0.772. The first-order valence-corrected chi connectivity index (χ1v) is 5.26. The Morgan fingerprint density at radius 2 is 2.29 bits per heavy atom. The minimum Gasteiger partial charge on any atom is -0.379 e. The fourth-order valence-electron chi connectivity index (χ4n) is 2.13. The lowest BCUT2D eigenvalue weighted by atomic mass is 10.2. The Kier molecular flexibility index (Phi) is 2.35. The predicted molar refractivity (Wildman–Crippen MR) is 58.9 cm³/mol. The van der Waals surface area contributed by atoms with Crippen LogP contribution in [0.2, 0.25) is 0 Å². The normalized spacial score (nSPS) is 15.2. The Morgan fingerprint density at radius 3 is 3.00 bits per heavy atom. The summed E-state index contributed by atoms with van der Waals surface area (Å²) in [5, 5.41) is 7.85. The van der Waals surface area contributed by atoms with E-state index in [0.717, 1.165) is 25.3 Å². The molecule has 0 unspecified atom stereocenters. The number of nitrogens with one attached hydrogen (secondary N) is 1. The molecular formula is C10H18N4. The summed E-state index contributed by atoms with van der Waals surface area (Å²) in [6.45, 7) is 7.50. The molecule has 0 aliphatic carbocycles. The number of aromatic nitrogens is 2. The lowest BCUT2D eigenvalue weighted by Gasteiger charge is -2.30. The molecule has 14 heavy (non-hydrogen) atoms. The molecule has 1 aromatic heterocycles. The summed E-state index contributed by atoms with van der Waals surface area (Å²) in [6.07, 6.45) is 1.18. The van der Waals surface area contributed by atoms with Gasteiger partial charge >= 0.3 is 0 Å². The molecule has 2 heterocycles. The van der Waals surface area contributed by atoms with Crippen molar-refractivity contribution in [3.05, 3.63) is 5.69 Å². The third kappa shape index (κ3) is 1.35. The molecule has 0 fully saturated rings. The topological polar surface area (TPSA) is 33.1 Å². The van der Waals surface area contributed by atoms with E-state index in [1.165, 1.54) is 17.9 Å². The van der Waals surface area contributed by atoms with E-state index in [0.29, 0.717) is 0 Å². The molecule has 2 rings (SSSR count). The zero-order valence-electron chi connectivity index (χ0n) is 9.17. The third-order valence-corrected chi connectivity index (χ3v) is 2.67. The van der Waals surface area contributed by atoms with Crippen molar-refractivity contribution in [1.82, 2.24) is 9.78 Å². The molecule has 1 aromatic rings. The molecule has 4 heteroatoms. The molecule has 0 amide bonds. The summed E-state index contributed by atoms with van der Waals surface area (Å²) in [6, 6.07) is 0. The Balaban J connectivity index is 2.37. The van der Waals surface area contributed by atoms with Crippen molar-refractivity contribution >= 4 is 11.5 Å². The first kappa shape index (κ1) is 9.37. The van der Waals surface area contributed by atoms with Crippen molar-refractivity contribution in [2.24, 2.45) is 7.05 Å². The van der Waals surface area contributed by atoms with Crippen LogP contribution >= 0.6 is 0 Å². The van der Waals surface area contributed by atoms with Crippen molar-refractivity contribution in [3.63, 3.8) is 0 Å². The van der Waals surface area contributed by atoms with Gasteiger partial charge in [0.15, 0.2) is 5.82 Å². The summed E-state index contributed by atoms with van der Waals surface area (Å²) in [4.78, 5) is 2.41. The van der Waals surface area contributed by atoms with Gasteiger partial charge in [-0.05, 0) is 13.3 Å². The van der Waals surface area contributed by atoms with Gasteiger partial charge in [0.2, 0.25) is 0 Å². The monoisotopic (exact) mass is 194 g/mol. The van der Waals surface area contributed by atoms with Crippen molar-refractivity contribution < 1.29 is 0 Å². The molecule has 0 spiro atoms. The third-order valence-electron chi connectivity index (χ3n) is 2.67. The van der Waals surface area contributed by atoms with Crippen LogP contribution in [0.5, 0.6) is 0 Å². The van der Waals surface area contributed by atoms with Crippen LogP contribution in [0, 0.1) is 6.92 Å². The van der Waals surface area contributed by atoms with E-state index < -0.39 is 0 Å². The van der Waals surface area contributed by atoms with Gasteiger partial charge in [0, 0.05) is 26.7 Å². The van der Waals surface area contributed by atoms with Crippen molar-refractivity contribution in [3.8, 4) is 0 Å². The van der Waals surface area contributed by atoms with Gasteiger partial charge in [-0.3, -0.25) is 4.68 Å². The highest BCUT2D eigenvalue weighted by Crippen LogP contribution is 2.31. The molecule has 4 nitrogen and oxygen atoms in total. The average molecular weight is 194 g/mol. The second kappa shape index (κ2) is 3.52.